The topological polar surface area (TPSA) is 92.8 Å². The first-order valence-electron chi connectivity index (χ1n) is 11.3. The summed E-state index contributed by atoms with van der Waals surface area (Å²) in [5, 5.41) is 0.455. The molecule has 0 unspecified atom stereocenters. The molecule has 10 heteroatoms. The first kappa shape index (κ1) is 25.9. The zero-order valence-electron chi connectivity index (χ0n) is 19.0. The van der Waals surface area contributed by atoms with Crippen LogP contribution in [0.15, 0.2) is 29.2 Å². The van der Waals surface area contributed by atoms with Gasteiger partial charge >= 0.3 is 0 Å². The van der Waals surface area contributed by atoms with Gasteiger partial charge in [-0.25, -0.2) is 21.6 Å². The van der Waals surface area contributed by atoms with Crippen molar-refractivity contribution in [2.45, 2.75) is 75.5 Å². The van der Waals surface area contributed by atoms with Gasteiger partial charge < -0.3 is 4.74 Å². The van der Waals surface area contributed by atoms with Gasteiger partial charge in [0, 0.05) is 17.6 Å². The highest BCUT2D eigenvalue weighted by atomic mass is 35.5. The molecule has 0 radical (unpaired) electrons. The first-order valence-corrected chi connectivity index (χ1v) is 15.0. The Labute approximate surface area is 198 Å². The molecule has 3 rings (SSSR count). The molecule has 7 nitrogen and oxygen atoms in total. The van der Waals surface area contributed by atoms with Crippen LogP contribution in [-0.4, -0.2) is 58.7 Å². The minimum absolute atomic E-state index is 0.0749. The molecular formula is C22H35ClN2O5S2. The third-order valence-corrected chi connectivity index (χ3v) is 9.60. The molecule has 1 aliphatic heterocycles. The fourth-order valence-corrected chi connectivity index (χ4v) is 7.47. The number of hydrogen-bond donors (Lipinski definition) is 1. The maximum Gasteiger partial charge on any atom is 0.243 e. The predicted octanol–water partition coefficient (Wildman–Crippen LogP) is 3.64. The highest BCUT2D eigenvalue weighted by molar-refractivity contribution is 7.89. The van der Waals surface area contributed by atoms with E-state index in [-0.39, 0.29) is 17.6 Å². The van der Waals surface area contributed by atoms with Crippen molar-refractivity contribution in [2.75, 3.05) is 19.4 Å². The highest BCUT2D eigenvalue weighted by Gasteiger charge is 2.41. The number of halogens is 1. The Hall–Kier alpha value is -0.710. The molecule has 1 heterocycles. The Morgan fingerprint density at radius 2 is 1.69 bits per heavy atom. The van der Waals surface area contributed by atoms with Gasteiger partial charge in [-0.3, -0.25) is 0 Å². The minimum atomic E-state index is -3.83. The van der Waals surface area contributed by atoms with E-state index in [2.05, 4.69) is 18.6 Å². The van der Waals surface area contributed by atoms with E-state index in [4.69, 9.17) is 16.3 Å². The monoisotopic (exact) mass is 506 g/mol. The number of rotatable bonds is 8. The lowest BCUT2D eigenvalue weighted by atomic mass is 9.80. The van der Waals surface area contributed by atoms with Gasteiger partial charge in [-0.15, -0.1) is 0 Å². The summed E-state index contributed by atoms with van der Waals surface area (Å²) in [4.78, 5) is 0.143. The van der Waals surface area contributed by atoms with E-state index >= 15 is 0 Å². The van der Waals surface area contributed by atoms with Gasteiger partial charge in [0.15, 0.2) is 0 Å². The van der Waals surface area contributed by atoms with Crippen molar-refractivity contribution in [3.8, 4) is 0 Å². The number of sulfonamides is 2. The van der Waals surface area contributed by atoms with Gasteiger partial charge in [0.2, 0.25) is 20.0 Å². The molecule has 1 saturated carbocycles. The van der Waals surface area contributed by atoms with Gasteiger partial charge in [0.1, 0.15) is 0 Å². The Kier molecular flexibility index (Phi) is 8.66. The molecule has 1 aromatic carbocycles. The third-order valence-electron chi connectivity index (χ3n) is 6.68. The number of hydrogen-bond acceptors (Lipinski definition) is 5. The predicted molar refractivity (Wildman–Crippen MR) is 127 cm³/mol. The normalized spacial score (nSPS) is 28.2. The summed E-state index contributed by atoms with van der Waals surface area (Å²) < 4.78 is 61.1. The van der Waals surface area contributed by atoms with Crippen molar-refractivity contribution in [1.82, 2.24) is 9.03 Å². The molecule has 182 valence electrons. The summed E-state index contributed by atoms with van der Waals surface area (Å²) in [7, 11) is -7.33. The van der Waals surface area contributed by atoms with Gasteiger partial charge in [-0.05, 0) is 74.6 Å². The van der Waals surface area contributed by atoms with Gasteiger partial charge in [-0.2, -0.15) is 4.31 Å². The van der Waals surface area contributed by atoms with Gasteiger partial charge in [0.25, 0.3) is 0 Å². The maximum atomic E-state index is 13.4. The first-order chi connectivity index (χ1) is 15.0. The second-order valence-corrected chi connectivity index (χ2v) is 13.5. The maximum absolute atomic E-state index is 13.4. The molecule has 32 heavy (non-hydrogen) atoms. The summed E-state index contributed by atoms with van der Waals surface area (Å²) in [6.45, 7) is 4.97. The Morgan fingerprint density at radius 1 is 1.06 bits per heavy atom. The third kappa shape index (κ3) is 6.67. The number of ether oxygens (including phenoxy) is 1. The van der Waals surface area contributed by atoms with Crippen LogP contribution in [0.1, 0.15) is 52.4 Å². The quantitative estimate of drug-likeness (QED) is 0.581. The van der Waals surface area contributed by atoms with Gasteiger partial charge in [0.05, 0.1) is 29.9 Å². The van der Waals surface area contributed by atoms with Crippen LogP contribution in [0.3, 0.4) is 0 Å². The average Bonchev–Trinajstić information content (AvgIpc) is 2.72. The summed E-state index contributed by atoms with van der Waals surface area (Å²) in [5.41, 5.74) is 0. The second-order valence-electron chi connectivity index (χ2n) is 9.39. The lowest BCUT2D eigenvalue weighted by Crippen LogP contribution is -2.58. The van der Waals surface area contributed by atoms with Crippen LogP contribution in [0.2, 0.25) is 5.02 Å². The summed E-state index contributed by atoms with van der Waals surface area (Å²) in [6.07, 6.45) is 6.41. The molecule has 2 fully saturated rings. The van der Waals surface area contributed by atoms with Crippen LogP contribution >= 0.6 is 11.6 Å². The van der Waals surface area contributed by atoms with E-state index in [0.29, 0.717) is 36.2 Å². The largest absolute Gasteiger partial charge is 0.376 e. The molecule has 2 aliphatic rings. The SMILES string of the molecule is CC(C)C1CCC(OC[C@H]2[C@@H](NS(C)(=O)=O)CCCN2S(=O)(=O)c2ccc(Cl)cc2)CC1. The summed E-state index contributed by atoms with van der Waals surface area (Å²) in [6, 6.07) is 4.91. The van der Waals surface area contributed by atoms with E-state index < -0.39 is 32.1 Å². The van der Waals surface area contributed by atoms with E-state index in [1.807, 2.05) is 0 Å². The number of benzene rings is 1. The number of nitrogens with one attached hydrogen (secondary N) is 1. The molecule has 1 N–H and O–H groups in total. The Balaban J connectivity index is 1.79. The van der Waals surface area contributed by atoms with Crippen LogP contribution in [0.5, 0.6) is 0 Å². The van der Waals surface area contributed by atoms with Crippen molar-refractivity contribution in [2.24, 2.45) is 11.8 Å². The summed E-state index contributed by atoms with van der Waals surface area (Å²) >= 11 is 5.93. The van der Waals surface area contributed by atoms with Crippen LogP contribution in [0.25, 0.3) is 0 Å². The van der Waals surface area contributed by atoms with Crippen LogP contribution < -0.4 is 4.72 Å². The molecule has 1 saturated heterocycles. The van der Waals surface area contributed by atoms with Crippen molar-refractivity contribution in [1.29, 1.82) is 0 Å². The zero-order valence-corrected chi connectivity index (χ0v) is 21.4. The molecule has 0 spiro atoms. The van der Waals surface area contributed by atoms with E-state index in [1.165, 1.54) is 16.4 Å². The molecule has 0 bridgehead atoms. The van der Waals surface area contributed by atoms with Crippen molar-refractivity contribution in [3.63, 3.8) is 0 Å². The van der Waals surface area contributed by atoms with Crippen LogP contribution in [0.4, 0.5) is 0 Å². The smallest absolute Gasteiger partial charge is 0.243 e. The summed E-state index contributed by atoms with van der Waals surface area (Å²) in [5.74, 6) is 1.35. The van der Waals surface area contributed by atoms with E-state index in [0.717, 1.165) is 31.9 Å². The fourth-order valence-electron chi connectivity index (χ4n) is 4.83. The van der Waals surface area contributed by atoms with E-state index in [1.54, 1.807) is 12.1 Å². The fraction of sp³-hybridized carbons (Fsp3) is 0.727. The van der Waals surface area contributed by atoms with E-state index in [9.17, 15) is 16.8 Å². The van der Waals surface area contributed by atoms with Crippen LogP contribution in [-0.2, 0) is 24.8 Å². The molecular weight excluding hydrogens is 472 g/mol. The Bertz CT molecular complexity index is 959. The molecule has 0 aromatic heterocycles. The number of nitrogens with zero attached hydrogens (tertiary/aromatic N) is 1. The number of piperidine rings is 1. The molecule has 1 aromatic rings. The molecule has 1 aliphatic carbocycles. The standard InChI is InChI=1S/C22H35ClN2O5S2/c1-16(2)17-6-10-19(11-7-17)30-15-22-21(24-31(3,26)27)5-4-14-25(22)32(28,29)20-12-8-18(23)9-13-20/h8-9,12-13,16-17,19,21-22,24H,4-7,10-11,14-15H2,1-3H3/t17?,19?,21-,22-/m0/s1. The minimum Gasteiger partial charge on any atom is -0.376 e. The lowest BCUT2D eigenvalue weighted by Gasteiger charge is -2.41. The average molecular weight is 507 g/mol. The van der Waals surface area contributed by atoms with Crippen molar-refractivity contribution >= 4 is 31.6 Å². The van der Waals surface area contributed by atoms with Crippen LogP contribution in [0, 0.1) is 11.8 Å². The Morgan fingerprint density at radius 3 is 2.25 bits per heavy atom. The zero-order chi connectivity index (χ0) is 23.5. The van der Waals surface area contributed by atoms with Crippen molar-refractivity contribution in [3.05, 3.63) is 29.3 Å². The highest BCUT2D eigenvalue weighted by Crippen LogP contribution is 2.32. The van der Waals surface area contributed by atoms with Gasteiger partial charge in [-0.1, -0.05) is 25.4 Å². The lowest BCUT2D eigenvalue weighted by molar-refractivity contribution is -0.0173. The molecule has 0 amide bonds. The second kappa shape index (κ2) is 10.7. The van der Waals surface area contributed by atoms with Crippen molar-refractivity contribution < 1.29 is 21.6 Å². The molecule has 2 atom stereocenters.